The summed E-state index contributed by atoms with van der Waals surface area (Å²) >= 11 is 12.2. The molecule has 0 bridgehead atoms. The summed E-state index contributed by atoms with van der Waals surface area (Å²) in [5.41, 5.74) is 5.54. The van der Waals surface area contributed by atoms with E-state index in [1.54, 1.807) is 12.5 Å². The summed E-state index contributed by atoms with van der Waals surface area (Å²) in [6.07, 6.45) is 4.40. The predicted octanol–water partition coefficient (Wildman–Crippen LogP) is 6.13. The van der Waals surface area contributed by atoms with Crippen molar-refractivity contribution < 1.29 is 0 Å². The van der Waals surface area contributed by atoms with E-state index in [1.807, 2.05) is 22.8 Å². The number of halogens is 2. The lowest BCUT2D eigenvalue weighted by molar-refractivity contribution is 0.247. The second kappa shape index (κ2) is 11.2. The van der Waals surface area contributed by atoms with E-state index in [1.165, 1.54) is 11.1 Å². The molecule has 2 aromatic carbocycles. The Bertz CT molecular complexity index is 1460. The largest absolute Gasteiger partial charge is 0.312 e. The molecule has 5 aromatic rings. The number of nitrogens with zero attached hydrogens (tertiary/aromatic N) is 6. The monoisotopic (exact) mass is 516 g/mol. The van der Waals surface area contributed by atoms with Gasteiger partial charge in [0, 0.05) is 24.7 Å². The number of fused-ring (bicyclic) bond motifs is 1. The van der Waals surface area contributed by atoms with Gasteiger partial charge in [0.1, 0.15) is 17.3 Å². The van der Waals surface area contributed by atoms with Gasteiger partial charge in [-0.15, -0.1) is 10.2 Å². The molecule has 0 aliphatic rings. The molecular formula is C28H26Cl2N6. The van der Waals surface area contributed by atoms with Crippen molar-refractivity contribution in [1.29, 1.82) is 0 Å². The van der Waals surface area contributed by atoms with E-state index in [4.69, 9.17) is 28.2 Å². The average Bonchev–Trinajstić information content (AvgIpc) is 3.32. The van der Waals surface area contributed by atoms with Crippen LogP contribution in [0.3, 0.4) is 0 Å². The Balaban J connectivity index is 1.36. The Morgan fingerprint density at radius 3 is 2.58 bits per heavy atom. The fraction of sp³-hybridized carbons (Fsp3) is 0.214. The zero-order valence-electron chi connectivity index (χ0n) is 20.0. The van der Waals surface area contributed by atoms with E-state index in [-0.39, 0.29) is 0 Å². The van der Waals surface area contributed by atoms with Crippen molar-refractivity contribution in [2.75, 3.05) is 6.54 Å². The fourth-order valence-corrected chi connectivity index (χ4v) is 4.45. The molecule has 3 aromatic heterocycles. The molecule has 0 saturated carbocycles. The molecule has 0 spiro atoms. The molecule has 0 aliphatic carbocycles. The first-order valence-corrected chi connectivity index (χ1v) is 12.6. The lowest BCUT2D eigenvalue weighted by atomic mass is 10.1. The Morgan fingerprint density at radius 2 is 1.75 bits per heavy atom. The summed E-state index contributed by atoms with van der Waals surface area (Å²) in [5, 5.41) is 10.5. The maximum absolute atomic E-state index is 6.17. The van der Waals surface area contributed by atoms with Crippen LogP contribution in [0.15, 0.2) is 79.3 Å². The van der Waals surface area contributed by atoms with Crippen LogP contribution in [0.2, 0.25) is 10.2 Å². The highest BCUT2D eigenvalue weighted by molar-refractivity contribution is 6.41. The third-order valence-electron chi connectivity index (χ3n) is 6.15. The average molecular weight is 517 g/mol. The molecule has 0 atom stereocenters. The van der Waals surface area contributed by atoms with Crippen molar-refractivity contribution in [1.82, 2.24) is 29.6 Å². The van der Waals surface area contributed by atoms with Gasteiger partial charge in [0.2, 0.25) is 0 Å². The topological polar surface area (TPSA) is 59.7 Å². The van der Waals surface area contributed by atoms with E-state index >= 15 is 0 Å². The quantitative estimate of drug-likeness (QED) is 0.220. The van der Waals surface area contributed by atoms with Crippen molar-refractivity contribution in [3.05, 3.63) is 118 Å². The Morgan fingerprint density at radius 1 is 0.917 bits per heavy atom. The second-order valence-corrected chi connectivity index (χ2v) is 9.70. The molecule has 5 rings (SSSR count). The van der Waals surface area contributed by atoms with Gasteiger partial charge in [0.25, 0.3) is 0 Å². The van der Waals surface area contributed by atoms with Gasteiger partial charge in [-0.2, -0.15) is 0 Å². The molecule has 6 nitrogen and oxygen atoms in total. The van der Waals surface area contributed by atoms with Crippen LogP contribution in [0.4, 0.5) is 0 Å². The molecule has 0 amide bonds. The zero-order chi connectivity index (χ0) is 24.9. The van der Waals surface area contributed by atoms with Crippen molar-refractivity contribution in [2.24, 2.45) is 0 Å². The number of hydrogen-bond acceptors (Lipinski definition) is 5. The van der Waals surface area contributed by atoms with Gasteiger partial charge >= 0.3 is 0 Å². The molecule has 0 aliphatic heterocycles. The zero-order valence-corrected chi connectivity index (χ0v) is 21.5. The van der Waals surface area contributed by atoms with Gasteiger partial charge in [-0.05, 0) is 42.7 Å². The van der Waals surface area contributed by atoms with E-state index in [2.05, 4.69) is 75.5 Å². The normalized spacial score (nSPS) is 11.4. The number of benzene rings is 2. The molecule has 182 valence electrons. The van der Waals surface area contributed by atoms with E-state index in [0.29, 0.717) is 29.8 Å². The lowest BCUT2D eigenvalue weighted by Gasteiger charge is -2.22. The Labute approximate surface area is 220 Å². The van der Waals surface area contributed by atoms with Gasteiger partial charge in [-0.25, -0.2) is 4.98 Å². The van der Waals surface area contributed by atoms with Crippen LogP contribution in [-0.4, -0.2) is 36.2 Å². The SMILES string of the molecule is Cc1ccc(CCN(Cc2ccc3ccccc3n2)Cc2nncn2Cc2cnc(Cl)c(Cl)c2)cc1. The van der Waals surface area contributed by atoms with Crippen molar-refractivity contribution in [3.63, 3.8) is 0 Å². The maximum atomic E-state index is 6.17. The minimum Gasteiger partial charge on any atom is -0.312 e. The van der Waals surface area contributed by atoms with Gasteiger partial charge in [0.15, 0.2) is 0 Å². The fourth-order valence-electron chi connectivity index (χ4n) is 4.16. The van der Waals surface area contributed by atoms with Crippen LogP contribution in [0.5, 0.6) is 0 Å². The number of aromatic nitrogens is 5. The molecule has 3 heterocycles. The van der Waals surface area contributed by atoms with Gasteiger partial charge in [-0.1, -0.05) is 77.3 Å². The van der Waals surface area contributed by atoms with Crippen molar-refractivity contribution in [2.45, 2.75) is 33.0 Å². The minimum absolute atomic E-state index is 0.301. The highest BCUT2D eigenvalue weighted by atomic mass is 35.5. The third kappa shape index (κ3) is 6.08. The van der Waals surface area contributed by atoms with E-state index < -0.39 is 0 Å². The maximum Gasteiger partial charge on any atom is 0.147 e. The minimum atomic E-state index is 0.301. The first-order chi connectivity index (χ1) is 17.5. The lowest BCUT2D eigenvalue weighted by Crippen LogP contribution is -2.27. The summed E-state index contributed by atoms with van der Waals surface area (Å²) in [6, 6.07) is 23.0. The van der Waals surface area contributed by atoms with Gasteiger partial charge < -0.3 is 4.57 Å². The summed E-state index contributed by atoms with van der Waals surface area (Å²) in [4.78, 5) is 11.4. The first-order valence-electron chi connectivity index (χ1n) is 11.8. The van der Waals surface area contributed by atoms with Crippen LogP contribution < -0.4 is 0 Å². The number of pyridine rings is 2. The smallest absolute Gasteiger partial charge is 0.147 e. The molecule has 0 fully saturated rings. The molecule has 0 N–H and O–H groups in total. The summed E-state index contributed by atoms with van der Waals surface area (Å²) in [5.74, 6) is 0.866. The van der Waals surface area contributed by atoms with Gasteiger partial charge in [-0.3, -0.25) is 9.88 Å². The predicted molar refractivity (Wildman–Crippen MR) is 144 cm³/mol. The van der Waals surface area contributed by atoms with Crippen molar-refractivity contribution in [3.8, 4) is 0 Å². The Kier molecular flexibility index (Phi) is 7.56. The van der Waals surface area contributed by atoms with Crippen LogP contribution in [0.1, 0.15) is 28.2 Å². The molecule has 8 heteroatoms. The molecule has 36 heavy (non-hydrogen) atoms. The molecular weight excluding hydrogens is 491 g/mol. The first kappa shape index (κ1) is 24.4. The summed E-state index contributed by atoms with van der Waals surface area (Å²) in [6.45, 7) is 4.87. The highest BCUT2D eigenvalue weighted by Gasteiger charge is 2.14. The van der Waals surface area contributed by atoms with E-state index in [0.717, 1.165) is 41.0 Å². The summed E-state index contributed by atoms with van der Waals surface area (Å²) < 4.78 is 2.02. The van der Waals surface area contributed by atoms with Crippen LogP contribution in [0.25, 0.3) is 10.9 Å². The second-order valence-electron chi connectivity index (χ2n) is 8.93. The summed E-state index contributed by atoms with van der Waals surface area (Å²) in [7, 11) is 0. The van der Waals surface area contributed by atoms with Crippen molar-refractivity contribution >= 4 is 34.1 Å². The van der Waals surface area contributed by atoms with Crippen LogP contribution in [-0.2, 0) is 26.1 Å². The van der Waals surface area contributed by atoms with Crippen LogP contribution >= 0.6 is 23.2 Å². The highest BCUT2D eigenvalue weighted by Crippen LogP contribution is 2.21. The standard InChI is InChI=1S/C28H26Cl2N6/c1-20-6-8-21(9-7-20)12-13-35(17-24-11-10-23-4-2-3-5-26(23)33-24)18-27-34-32-19-36(27)16-22-14-25(29)28(30)31-15-22/h2-11,14-15,19H,12-13,16-18H2,1H3. The molecule has 0 saturated heterocycles. The Hall–Kier alpha value is -3.32. The van der Waals surface area contributed by atoms with Gasteiger partial charge in [0.05, 0.1) is 29.3 Å². The molecule has 0 radical (unpaired) electrons. The van der Waals surface area contributed by atoms with Crippen LogP contribution in [0, 0.1) is 6.92 Å². The number of hydrogen-bond donors (Lipinski definition) is 0. The number of rotatable bonds is 9. The third-order valence-corrected chi connectivity index (χ3v) is 6.83. The molecule has 0 unspecified atom stereocenters. The number of aryl methyl sites for hydroxylation is 1. The number of para-hydroxylation sites is 1. The van der Waals surface area contributed by atoms with E-state index in [9.17, 15) is 0 Å².